The Bertz CT molecular complexity index is 281. The molecule has 0 aliphatic heterocycles. The van der Waals surface area contributed by atoms with Gasteiger partial charge in [0.25, 0.3) is 0 Å². The lowest BCUT2D eigenvalue weighted by molar-refractivity contribution is 0.0983. The monoisotopic (exact) mass is 200 g/mol. The Labute approximate surface area is 83.0 Å². The number of ketones is 1. The van der Waals surface area contributed by atoms with Crippen LogP contribution in [0.2, 0.25) is 0 Å². The molecule has 1 aromatic rings. The first-order valence-corrected chi connectivity index (χ1v) is 5.23. The summed E-state index contributed by atoms with van der Waals surface area (Å²) in [6.07, 6.45) is 0.490. The lowest BCUT2D eigenvalue weighted by Gasteiger charge is -1.90. The van der Waals surface area contributed by atoms with Crippen molar-refractivity contribution in [3.8, 4) is 0 Å². The van der Waals surface area contributed by atoms with E-state index in [2.05, 4.69) is 4.98 Å². The normalized spacial score (nSPS) is 8.92. The average Bonchev–Trinajstić information content (AvgIpc) is 2.47. The average molecular weight is 200 g/mol. The van der Waals surface area contributed by atoms with Crippen molar-refractivity contribution in [2.75, 3.05) is 5.73 Å². The topological polar surface area (TPSA) is 56.0 Å². The number of nitrogen functional groups attached to an aromatic ring is 1. The van der Waals surface area contributed by atoms with Gasteiger partial charge in [0.2, 0.25) is 0 Å². The Kier molecular flexibility index (Phi) is 5.30. The van der Waals surface area contributed by atoms with Crippen molar-refractivity contribution in [3.63, 3.8) is 0 Å². The SMILES string of the molecule is CC.CCC(=O)c1nc(N)sc1C. The third-order valence-corrected chi connectivity index (χ3v) is 2.20. The van der Waals surface area contributed by atoms with E-state index in [1.807, 2.05) is 27.7 Å². The molecule has 4 heteroatoms. The fourth-order valence-electron chi connectivity index (χ4n) is 0.843. The molecule has 0 aliphatic carbocycles. The summed E-state index contributed by atoms with van der Waals surface area (Å²) in [6, 6.07) is 0. The molecule has 0 aromatic carbocycles. The number of aromatic nitrogens is 1. The van der Waals surface area contributed by atoms with Gasteiger partial charge >= 0.3 is 0 Å². The molecule has 13 heavy (non-hydrogen) atoms. The first kappa shape index (κ1) is 12.1. The molecule has 74 valence electrons. The van der Waals surface area contributed by atoms with Crippen LogP contribution in [0.3, 0.4) is 0 Å². The van der Waals surface area contributed by atoms with Gasteiger partial charge in [0.15, 0.2) is 10.9 Å². The first-order chi connectivity index (χ1) is 6.15. The second kappa shape index (κ2) is 5.70. The van der Waals surface area contributed by atoms with Crippen LogP contribution in [0, 0.1) is 6.92 Å². The molecule has 1 rings (SSSR count). The van der Waals surface area contributed by atoms with Crippen LogP contribution in [0.25, 0.3) is 0 Å². The Morgan fingerprint density at radius 1 is 1.54 bits per heavy atom. The van der Waals surface area contributed by atoms with Crippen LogP contribution in [0.1, 0.15) is 42.6 Å². The van der Waals surface area contributed by atoms with E-state index in [4.69, 9.17) is 5.73 Å². The Balaban J connectivity index is 0.000000671. The van der Waals surface area contributed by atoms with Gasteiger partial charge in [0.05, 0.1) is 0 Å². The molecule has 0 unspecified atom stereocenters. The van der Waals surface area contributed by atoms with Crippen molar-refractivity contribution in [3.05, 3.63) is 10.6 Å². The summed E-state index contributed by atoms with van der Waals surface area (Å²) in [7, 11) is 0. The molecule has 0 bridgehead atoms. The molecule has 0 saturated carbocycles. The number of aryl methyl sites for hydroxylation is 1. The smallest absolute Gasteiger partial charge is 0.182 e. The summed E-state index contributed by atoms with van der Waals surface area (Å²) in [4.78, 5) is 16.0. The van der Waals surface area contributed by atoms with Gasteiger partial charge in [0, 0.05) is 11.3 Å². The van der Waals surface area contributed by atoms with Crippen molar-refractivity contribution in [2.24, 2.45) is 0 Å². The Morgan fingerprint density at radius 2 is 2.08 bits per heavy atom. The molecule has 0 fully saturated rings. The Hall–Kier alpha value is -0.900. The molecule has 0 radical (unpaired) electrons. The number of Topliss-reactive ketones (excluding diaryl/α,β-unsaturated/α-hetero) is 1. The number of thiazole rings is 1. The fourth-order valence-corrected chi connectivity index (χ4v) is 1.55. The number of rotatable bonds is 2. The van der Waals surface area contributed by atoms with Crippen molar-refractivity contribution >= 4 is 22.3 Å². The molecule has 0 amide bonds. The van der Waals surface area contributed by atoms with Crippen LogP contribution in [-0.4, -0.2) is 10.8 Å². The zero-order valence-electron chi connectivity index (χ0n) is 8.55. The van der Waals surface area contributed by atoms with E-state index in [1.54, 1.807) is 0 Å². The maximum Gasteiger partial charge on any atom is 0.182 e. The van der Waals surface area contributed by atoms with Crippen LogP contribution >= 0.6 is 11.3 Å². The summed E-state index contributed by atoms with van der Waals surface area (Å²) in [6.45, 7) is 7.67. The number of hydrogen-bond acceptors (Lipinski definition) is 4. The highest BCUT2D eigenvalue weighted by Crippen LogP contribution is 2.19. The summed E-state index contributed by atoms with van der Waals surface area (Å²) >= 11 is 1.36. The van der Waals surface area contributed by atoms with Gasteiger partial charge in [-0.2, -0.15) is 0 Å². The second-order valence-electron chi connectivity index (χ2n) is 2.23. The zero-order chi connectivity index (χ0) is 10.4. The zero-order valence-corrected chi connectivity index (χ0v) is 9.36. The molecule has 3 nitrogen and oxygen atoms in total. The number of anilines is 1. The second-order valence-corrected chi connectivity index (χ2v) is 3.47. The van der Waals surface area contributed by atoms with Gasteiger partial charge in [0.1, 0.15) is 5.69 Å². The number of hydrogen-bond donors (Lipinski definition) is 1. The minimum atomic E-state index is 0.0652. The largest absolute Gasteiger partial charge is 0.375 e. The summed E-state index contributed by atoms with van der Waals surface area (Å²) in [5.41, 5.74) is 5.96. The standard InChI is InChI=1S/C7H10N2OS.C2H6/c1-3-5(10)6-4(2)11-7(8)9-6;1-2/h3H2,1-2H3,(H2,8,9);1-2H3. The van der Waals surface area contributed by atoms with Gasteiger partial charge in [-0.25, -0.2) is 4.98 Å². The summed E-state index contributed by atoms with van der Waals surface area (Å²) < 4.78 is 0. The maximum absolute atomic E-state index is 11.1. The fraction of sp³-hybridized carbons (Fsp3) is 0.556. The lowest BCUT2D eigenvalue weighted by Crippen LogP contribution is -1.99. The summed E-state index contributed by atoms with van der Waals surface area (Å²) in [5, 5.41) is 0.472. The third-order valence-electron chi connectivity index (χ3n) is 1.40. The quantitative estimate of drug-likeness (QED) is 0.747. The van der Waals surface area contributed by atoms with Crippen LogP contribution in [0.15, 0.2) is 0 Å². The molecule has 0 saturated heterocycles. The molecule has 2 N–H and O–H groups in total. The third kappa shape index (κ3) is 3.14. The van der Waals surface area contributed by atoms with E-state index in [0.29, 0.717) is 17.2 Å². The predicted octanol–water partition coefficient (Wildman–Crippen LogP) is 2.65. The van der Waals surface area contributed by atoms with E-state index in [-0.39, 0.29) is 5.78 Å². The predicted molar refractivity (Wildman–Crippen MR) is 57.2 cm³/mol. The van der Waals surface area contributed by atoms with Crippen LogP contribution in [0.4, 0.5) is 5.13 Å². The minimum absolute atomic E-state index is 0.0652. The van der Waals surface area contributed by atoms with Gasteiger partial charge < -0.3 is 5.73 Å². The van der Waals surface area contributed by atoms with E-state index in [1.165, 1.54) is 11.3 Å². The van der Waals surface area contributed by atoms with Crippen molar-refractivity contribution in [1.82, 2.24) is 4.98 Å². The van der Waals surface area contributed by atoms with Crippen LogP contribution in [0.5, 0.6) is 0 Å². The number of nitrogens with two attached hydrogens (primary N) is 1. The molecular formula is C9H16N2OS. The van der Waals surface area contributed by atoms with Crippen LogP contribution in [-0.2, 0) is 0 Å². The number of nitrogens with zero attached hydrogens (tertiary/aromatic N) is 1. The molecular weight excluding hydrogens is 184 g/mol. The van der Waals surface area contributed by atoms with Gasteiger partial charge in [-0.05, 0) is 6.92 Å². The Morgan fingerprint density at radius 3 is 2.38 bits per heavy atom. The molecule has 1 heterocycles. The molecule has 0 atom stereocenters. The van der Waals surface area contributed by atoms with Crippen LogP contribution < -0.4 is 5.73 Å². The van der Waals surface area contributed by atoms with Crippen molar-refractivity contribution in [1.29, 1.82) is 0 Å². The maximum atomic E-state index is 11.1. The highest BCUT2D eigenvalue weighted by atomic mass is 32.1. The first-order valence-electron chi connectivity index (χ1n) is 4.41. The highest BCUT2D eigenvalue weighted by Gasteiger charge is 2.11. The van der Waals surface area contributed by atoms with Crippen molar-refractivity contribution < 1.29 is 4.79 Å². The van der Waals surface area contributed by atoms with Crippen molar-refractivity contribution in [2.45, 2.75) is 34.1 Å². The lowest BCUT2D eigenvalue weighted by atomic mass is 10.2. The highest BCUT2D eigenvalue weighted by molar-refractivity contribution is 7.15. The minimum Gasteiger partial charge on any atom is -0.375 e. The van der Waals surface area contributed by atoms with Gasteiger partial charge in [-0.3, -0.25) is 4.79 Å². The number of carbonyl (C=O) groups excluding carboxylic acids is 1. The van der Waals surface area contributed by atoms with E-state index in [9.17, 15) is 4.79 Å². The summed E-state index contributed by atoms with van der Waals surface area (Å²) in [5.74, 6) is 0.0652. The van der Waals surface area contributed by atoms with E-state index >= 15 is 0 Å². The van der Waals surface area contributed by atoms with Gasteiger partial charge in [-0.15, -0.1) is 11.3 Å². The molecule has 0 aliphatic rings. The molecule has 0 spiro atoms. The van der Waals surface area contributed by atoms with Gasteiger partial charge in [-0.1, -0.05) is 20.8 Å². The van der Waals surface area contributed by atoms with E-state index < -0.39 is 0 Å². The van der Waals surface area contributed by atoms with E-state index in [0.717, 1.165) is 4.88 Å². The number of carbonyl (C=O) groups is 1. The molecule has 1 aromatic heterocycles.